The normalized spacial score (nSPS) is 42.0. The van der Waals surface area contributed by atoms with E-state index in [1.807, 2.05) is 0 Å². The molecule has 0 amide bonds. The molecule has 9 aliphatic rings. The predicted molar refractivity (Wildman–Crippen MR) is 176 cm³/mol. The number of phenolic OH excluding ortho intramolecular Hbond substituents is 2. The van der Waals surface area contributed by atoms with E-state index in [2.05, 4.69) is 24.4 Å². The monoisotopic (exact) mass is 653 g/mol. The topological polar surface area (TPSA) is 106 Å². The van der Waals surface area contributed by atoms with Crippen molar-refractivity contribution >= 4 is 6.16 Å². The predicted octanol–water partition coefficient (Wildman–Crippen LogP) is 6.44. The Balaban J connectivity index is 0.863. The minimum absolute atomic E-state index is 0.160. The highest BCUT2D eigenvalue weighted by Crippen LogP contribution is 2.70. The van der Waals surface area contributed by atoms with Crippen molar-refractivity contribution in [3.05, 3.63) is 46.5 Å². The molecule has 0 radical (unpaired) electrons. The first-order valence-electron chi connectivity index (χ1n) is 19.0. The highest BCUT2D eigenvalue weighted by molar-refractivity contribution is 5.64. The van der Waals surface area contributed by atoms with E-state index in [1.165, 1.54) is 48.8 Å². The lowest BCUT2D eigenvalue weighted by Gasteiger charge is -2.51. The first kappa shape index (κ1) is 28.7. The molecule has 2 aromatic carbocycles. The summed E-state index contributed by atoms with van der Waals surface area (Å²) in [6.45, 7) is 3.31. The van der Waals surface area contributed by atoms with E-state index in [-0.39, 0.29) is 28.4 Å². The maximum absolute atomic E-state index is 13.9. The lowest BCUT2D eigenvalue weighted by molar-refractivity contribution is -0.110. The van der Waals surface area contributed by atoms with Gasteiger partial charge in [-0.1, -0.05) is 31.9 Å². The van der Waals surface area contributed by atoms with Gasteiger partial charge in [0.15, 0.2) is 23.0 Å². The minimum atomic E-state index is -0.658. The van der Waals surface area contributed by atoms with Gasteiger partial charge in [0.1, 0.15) is 24.4 Å². The maximum atomic E-state index is 13.9. The standard InChI is InChI=1S/C40H47NO7/c1-39-26-9-13-30(36(39)47-34-28(42)11-7-22(32(34)39)16-27(26)41-18-20-4-5-20)45-38(44)46-31-12-8-25-24-15-21-6-10-29(43)35-33(21)40(25,37(31)48-35)17-23(24)14-19-2-3-19/h6-7,10-11,19-20,23-27,30-31,36-37,41-43H,2-5,8-9,12-18H2,1H3/t23?,24-,25-,26-,27?,30+,31+,36-,37-,39-,40?/m0/s1. The number of hydrogen-bond acceptors (Lipinski definition) is 8. The molecular weight excluding hydrogens is 606 g/mol. The first-order valence-corrected chi connectivity index (χ1v) is 19.0. The summed E-state index contributed by atoms with van der Waals surface area (Å²) in [5.74, 6) is 5.28. The van der Waals surface area contributed by atoms with Crippen LogP contribution in [0.1, 0.15) is 93.4 Å². The van der Waals surface area contributed by atoms with E-state index < -0.39 is 24.5 Å². The summed E-state index contributed by atoms with van der Waals surface area (Å²) >= 11 is 0. The zero-order valence-corrected chi connectivity index (χ0v) is 27.8. The second kappa shape index (κ2) is 9.76. The van der Waals surface area contributed by atoms with Gasteiger partial charge in [-0.15, -0.1) is 0 Å². The second-order valence-electron chi connectivity index (χ2n) is 17.4. The van der Waals surface area contributed by atoms with Crippen LogP contribution in [0, 0.1) is 35.5 Å². The first-order chi connectivity index (χ1) is 23.3. The minimum Gasteiger partial charge on any atom is -0.504 e. The Bertz CT molecular complexity index is 1720. The summed E-state index contributed by atoms with van der Waals surface area (Å²) < 4.78 is 25.9. The van der Waals surface area contributed by atoms with Crippen LogP contribution in [0.25, 0.3) is 0 Å². The summed E-state index contributed by atoms with van der Waals surface area (Å²) in [5.41, 5.74) is 4.24. The second-order valence-corrected chi connectivity index (χ2v) is 17.4. The average molecular weight is 654 g/mol. The van der Waals surface area contributed by atoms with Crippen molar-refractivity contribution in [2.75, 3.05) is 6.54 Å². The lowest BCUT2D eigenvalue weighted by atomic mass is 9.55. The molecule has 7 aliphatic carbocycles. The van der Waals surface area contributed by atoms with E-state index >= 15 is 0 Å². The molecule has 2 aliphatic heterocycles. The van der Waals surface area contributed by atoms with E-state index in [4.69, 9.17) is 18.9 Å². The number of phenols is 2. The summed E-state index contributed by atoms with van der Waals surface area (Å²) in [4.78, 5) is 13.9. The van der Waals surface area contributed by atoms with Crippen molar-refractivity contribution in [3.8, 4) is 23.0 Å². The van der Waals surface area contributed by atoms with Crippen molar-refractivity contribution < 1.29 is 34.0 Å². The summed E-state index contributed by atoms with van der Waals surface area (Å²) in [7, 11) is 0. The van der Waals surface area contributed by atoms with Crippen molar-refractivity contribution in [2.45, 2.75) is 125 Å². The van der Waals surface area contributed by atoms with Gasteiger partial charge in [-0.3, -0.25) is 0 Å². The molecule has 11 rings (SSSR count). The van der Waals surface area contributed by atoms with E-state index in [9.17, 15) is 15.0 Å². The summed E-state index contributed by atoms with van der Waals surface area (Å²) in [5, 5.41) is 25.8. The highest BCUT2D eigenvalue weighted by atomic mass is 16.7. The van der Waals surface area contributed by atoms with Crippen LogP contribution >= 0.6 is 0 Å². The summed E-state index contributed by atoms with van der Waals surface area (Å²) in [6.07, 6.45) is 10.7. The zero-order valence-electron chi connectivity index (χ0n) is 27.8. The average Bonchev–Trinajstić information content (AvgIpc) is 3.99. The van der Waals surface area contributed by atoms with Gasteiger partial charge in [0.25, 0.3) is 0 Å². The van der Waals surface area contributed by atoms with Crippen molar-refractivity contribution in [2.24, 2.45) is 35.5 Å². The van der Waals surface area contributed by atoms with Gasteiger partial charge in [0.05, 0.1) is 0 Å². The maximum Gasteiger partial charge on any atom is 0.509 e. The van der Waals surface area contributed by atoms with Gasteiger partial charge in [-0.25, -0.2) is 4.79 Å². The largest absolute Gasteiger partial charge is 0.509 e. The molecule has 254 valence electrons. The smallest absolute Gasteiger partial charge is 0.504 e. The molecule has 5 saturated carbocycles. The fraction of sp³-hybridized carbons (Fsp3) is 0.675. The Morgan fingerprint density at radius 3 is 2.19 bits per heavy atom. The third-order valence-electron chi connectivity index (χ3n) is 15.0. The van der Waals surface area contributed by atoms with Crippen LogP contribution in [-0.2, 0) is 33.1 Å². The van der Waals surface area contributed by atoms with E-state index in [1.54, 1.807) is 12.1 Å². The van der Waals surface area contributed by atoms with Crippen LogP contribution in [-0.4, -0.2) is 53.4 Å². The Morgan fingerprint density at radius 2 is 1.46 bits per heavy atom. The molecule has 2 aromatic rings. The number of nitrogens with one attached hydrogen (secondary N) is 1. The number of aromatic hydroxyl groups is 2. The number of ether oxygens (including phenoxy) is 4. The van der Waals surface area contributed by atoms with Crippen molar-refractivity contribution in [1.29, 1.82) is 0 Å². The summed E-state index contributed by atoms with van der Waals surface area (Å²) in [6, 6.07) is 8.03. The van der Waals surface area contributed by atoms with Gasteiger partial charge in [0, 0.05) is 28.0 Å². The molecule has 0 saturated heterocycles. The molecule has 11 atom stereocenters. The van der Waals surface area contributed by atoms with Gasteiger partial charge in [-0.05, 0) is 130 Å². The lowest BCUT2D eigenvalue weighted by Crippen LogP contribution is -2.61. The van der Waals surface area contributed by atoms with Gasteiger partial charge in [0.2, 0.25) is 0 Å². The molecule has 5 fully saturated rings. The quantitative estimate of drug-likeness (QED) is 0.293. The van der Waals surface area contributed by atoms with E-state index in [0.717, 1.165) is 62.5 Å². The van der Waals surface area contributed by atoms with E-state index in [0.29, 0.717) is 47.6 Å². The Kier molecular flexibility index (Phi) is 5.83. The molecule has 3 unspecified atom stereocenters. The number of benzene rings is 2. The SMILES string of the molecule is C[C@]12c3c4ccc(O)c3O[C@H]1[C@H](OC(=O)O[C@@H]1CC[C@H]3[C@H]5Cc6ccc(O)c7c6C3(CC5CC3CC3)[C@H]1O7)CC[C@H]2C(NCC1CC1)C4. The van der Waals surface area contributed by atoms with Crippen LogP contribution in [0.4, 0.5) is 4.79 Å². The fourth-order valence-corrected chi connectivity index (χ4v) is 12.7. The van der Waals surface area contributed by atoms with Gasteiger partial charge < -0.3 is 34.5 Å². The molecule has 8 nitrogen and oxygen atoms in total. The Labute approximate surface area is 281 Å². The highest BCUT2D eigenvalue weighted by Gasteiger charge is 2.70. The third kappa shape index (κ3) is 3.79. The molecule has 2 heterocycles. The molecule has 8 heteroatoms. The van der Waals surface area contributed by atoms with Crippen LogP contribution in [0.15, 0.2) is 24.3 Å². The van der Waals surface area contributed by atoms with Crippen LogP contribution < -0.4 is 14.8 Å². The van der Waals surface area contributed by atoms with Crippen molar-refractivity contribution in [3.63, 3.8) is 0 Å². The molecular formula is C40H47NO7. The number of carbonyl (C=O) groups is 1. The number of carbonyl (C=O) groups excluding carboxylic acids is 1. The molecule has 0 aromatic heterocycles. The van der Waals surface area contributed by atoms with Gasteiger partial charge in [-0.2, -0.15) is 0 Å². The molecule has 1 spiro atoms. The Morgan fingerprint density at radius 1 is 0.812 bits per heavy atom. The fourth-order valence-electron chi connectivity index (χ4n) is 12.7. The number of hydrogen-bond donors (Lipinski definition) is 3. The van der Waals surface area contributed by atoms with Crippen LogP contribution in [0.3, 0.4) is 0 Å². The molecule has 48 heavy (non-hydrogen) atoms. The zero-order chi connectivity index (χ0) is 32.1. The third-order valence-corrected chi connectivity index (χ3v) is 15.0. The van der Waals surface area contributed by atoms with Crippen LogP contribution in [0.2, 0.25) is 0 Å². The molecule has 3 N–H and O–H groups in total. The van der Waals surface area contributed by atoms with Crippen molar-refractivity contribution in [1.82, 2.24) is 5.32 Å². The molecule has 2 bridgehead atoms. The Hall–Kier alpha value is -3.13. The van der Waals surface area contributed by atoms with Crippen LogP contribution in [0.5, 0.6) is 23.0 Å². The number of rotatable bonds is 7. The van der Waals surface area contributed by atoms with Gasteiger partial charge >= 0.3 is 6.16 Å².